The van der Waals surface area contributed by atoms with Gasteiger partial charge < -0.3 is 0 Å². The monoisotopic (exact) mass is 391 g/mol. The van der Waals surface area contributed by atoms with Crippen molar-refractivity contribution in [2.75, 3.05) is 10.7 Å². The largest absolute Gasteiger partial charge is 0.295 e. The Balaban J connectivity index is 2.06. The molecule has 2 nitrogen and oxygen atoms in total. The van der Waals surface area contributed by atoms with E-state index in [2.05, 4.69) is 0 Å². The molecule has 0 unspecified atom stereocenters. The van der Waals surface area contributed by atoms with Crippen LogP contribution in [0.5, 0.6) is 0 Å². The molecule has 1 aliphatic heterocycles. The fraction of sp³-hybridized carbons (Fsp3) is 0.133. The molecule has 7 heteroatoms. The fourth-order valence-electron chi connectivity index (χ4n) is 2.28. The summed E-state index contributed by atoms with van der Waals surface area (Å²) in [6, 6.07) is 10.5. The molecular formula is C15H9Cl4NOS. The van der Waals surface area contributed by atoms with Crippen molar-refractivity contribution in [3.8, 4) is 0 Å². The molecule has 1 fully saturated rings. The highest BCUT2D eigenvalue weighted by Crippen LogP contribution is 2.46. The summed E-state index contributed by atoms with van der Waals surface area (Å²) in [6.45, 7) is 0. The zero-order chi connectivity index (χ0) is 15.9. The fourth-order valence-corrected chi connectivity index (χ4v) is 4.25. The van der Waals surface area contributed by atoms with E-state index in [4.69, 9.17) is 46.4 Å². The predicted molar refractivity (Wildman–Crippen MR) is 95.6 cm³/mol. The second-order valence-electron chi connectivity index (χ2n) is 4.67. The van der Waals surface area contributed by atoms with Gasteiger partial charge in [-0.3, -0.25) is 9.69 Å². The van der Waals surface area contributed by atoms with Gasteiger partial charge in [-0.1, -0.05) is 58.5 Å². The Bertz CT molecular complexity index is 752. The second-order valence-corrected chi connectivity index (χ2v) is 7.34. The number of amides is 1. The van der Waals surface area contributed by atoms with Crippen LogP contribution < -0.4 is 4.90 Å². The molecule has 2 aromatic rings. The molecule has 0 spiro atoms. The standard InChI is InChI=1S/C15H9Cl4NOS/c16-10-5-4-8(6-12(10)18)20-13(21)7-22-15(20)9-2-1-3-11(17)14(9)19/h1-6,15H,7H2/t15-/m0/s1. The van der Waals surface area contributed by atoms with Crippen molar-refractivity contribution >= 4 is 69.8 Å². The van der Waals surface area contributed by atoms with Gasteiger partial charge in [0.2, 0.25) is 5.91 Å². The number of carbonyl (C=O) groups is 1. The molecule has 0 aromatic heterocycles. The number of halogens is 4. The van der Waals surface area contributed by atoms with E-state index < -0.39 is 0 Å². The lowest BCUT2D eigenvalue weighted by molar-refractivity contribution is -0.115. The van der Waals surface area contributed by atoms with Crippen molar-refractivity contribution in [3.63, 3.8) is 0 Å². The van der Waals surface area contributed by atoms with Crippen LogP contribution in [0.15, 0.2) is 36.4 Å². The highest BCUT2D eigenvalue weighted by atomic mass is 35.5. The van der Waals surface area contributed by atoms with Crippen molar-refractivity contribution in [1.82, 2.24) is 0 Å². The zero-order valence-electron chi connectivity index (χ0n) is 11.0. The lowest BCUT2D eigenvalue weighted by atomic mass is 10.2. The summed E-state index contributed by atoms with van der Waals surface area (Å²) in [4.78, 5) is 14.0. The molecule has 3 rings (SSSR count). The van der Waals surface area contributed by atoms with Gasteiger partial charge in [0.15, 0.2) is 0 Å². The first-order valence-electron chi connectivity index (χ1n) is 6.31. The lowest BCUT2D eigenvalue weighted by Crippen LogP contribution is -2.27. The first kappa shape index (κ1) is 16.3. The van der Waals surface area contributed by atoms with E-state index in [0.717, 1.165) is 5.56 Å². The molecule has 0 N–H and O–H groups in total. The maximum atomic E-state index is 12.3. The van der Waals surface area contributed by atoms with Gasteiger partial charge in [-0.2, -0.15) is 0 Å². The first-order valence-corrected chi connectivity index (χ1v) is 8.87. The molecule has 22 heavy (non-hydrogen) atoms. The molecule has 0 bridgehead atoms. The molecule has 1 atom stereocenters. The van der Waals surface area contributed by atoms with E-state index in [1.807, 2.05) is 12.1 Å². The van der Waals surface area contributed by atoms with Crippen LogP contribution in [0.4, 0.5) is 5.69 Å². The highest BCUT2D eigenvalue weighted by Gasteiger charge is 2.35. The van der Waals surface area contributed by atoms with E-state index >= 15 is 0 Å². The van der Waals surface area contributed by atoms with Crippen molar-refractivity contribution < 1.29 is 4.79 Å². The summed E-state index contributed by atoms with van der Waals surface area (Å²) in [7, 11) is 0. The normalized spacial score (nSPS) is 18.1. The van der Waals surface area contributed by atoms with Gasteiger partial charge >= 0.3 is 0 Å². The van der Waals surface area contributed by atoms with Crippen LogP contribution in [0, 0.1) is 0 Å². The Morgan fingerprint density at radius 2 is 1.77 bits per heavy atom. The lowest BCUT2D eigenvalue weighted by Gasteiger charge is -2.25. The van der Waals surface area contributed by atoms with E-state index in [1.165, 1.54) is 11.8 Å². The van der Waals surface area contributed by atoms with Crippen LogP contribution in [0.1, 0.15) is 10.9 Å². The number of hydrogen-bond acceptors (Lipinski definition) is 2. The third kappa shape index (κ3) is 2.93. The number of carbonyl (C=O) groups excluding carboxylic acids is 1. The van der Waals surface area contributed by atoms with Gasteiger partial charge in [-0.25, -0.2) is 0 Å². The minimum Gasteiger partial charge on any atom is -0.295 e. The van der Waals surface area contributed by atoms with Crippen LogP contribution in [-0.2, 0) is 4.79 Å². The Labute approximate surface area is 152 Å². The van der Waals surface area contributed by atoms with E-state index in [9.17, 15) is 4.79 Å². The Morgan fingerprint density at radius 1 is 1.00 bits per heavy atom. The quantitative estimate of drug-likeness (QED) is 0.617. The average molecular weight is 393 g/mol. The smallest absolute Gasteiger partial charge is 0.238 e. The predicted octanol–water partition coefficient (Wildman–Crippen LogP) is 6.08. The van der Waals surface area contributed by atoms with Gasteiger partial charge in [0.05, 0.1) is 25.8 Å². The van der Waals surface area contributed by atoms with Crippen LogP contribution in [0.2, 0.25) is 20.1 Å². The number of benzene rings is 2. The van der Waals surface area contributed by atoms with Crippen molar-refractivity contribution in [3.05, 3.63) is 62.1 Å². The zero-order valence-corrected chi connectivity index (χ0v) is 14.9. The summed E-state index contributed by atoms with van der Waals surface area (Å²) >= 11 is 25.9. The van der Waals surface area contributed by atoms with Gasteiger partial charge in [-0.15, -0.1) is 11.8 Å². The van der Waals surface area contributed by atoms with E-state index in [1.54, 1.807) is 29.2 Å². The maximum Gasteiger partial charge on any atom is 0.238 e. The number of thioether (sulfide) groups is 1. The Hall–Kier alpha value is -0.580. The number of rotatable bonds is 2. The summed E-state index contributed by atoms with van der Waals surface area (Å²) in [5.41, 5.74) is 1.49. The summed E-state index contributed by atoms with van der Waals surface area (Å²) < 4.78 is 0. The van der Waals surface area contributed by atoms with E-state index in [0.29, 0.717) is 31.5 Å². The Morgan fingerprint density at radius 3 is 2.50 bits per heavy atom. The highest BCUT2D eigenvalue weighted by molar-refractivity contribution is 8.00. The molecule has 1 saturated heterocycles. The summed E-state index contributed by atoms with van der Waals surface area (Å²) in [6.07, 6.45) is 0. The third-order valence-corrected chi connectivity index (χ3v) is 6.06. The first-order chi connectivity index (χ1) is 10.5. The number of nitrogens with zero attached hydrogens (tertiary/aromatic N) is 1. The minimum absolute atomic E-state index is 0.00979. The van der Waals surface area contributed by atoms with Crippen molar-refractivity contribution in [1.29, 1.82) is 0 Å². The van der Waals surface area contributed by atoms with Crippen molar-refractivity contribution in [2.45, 2.75) is 5.37 Å². The van der Waals surface area contributed by atoms with Gasteiger partial charge in [0.25, 0.3) is 0 Å². The van der Waals surface area contributed by atoms with Gasteiger partial charge in [-0.05, 0) is 24.3 Å². The summed E-state index contributed by atoms with van der Waals surface area (Å²) in [5, 5.41) is 1.53. The van der Waals surface area contributed by atoms with Gasteiger partial charge in [0, 0.05) is 11.3 Å². The molecule has 1 aliphatic rings. The molecule has 2 aromatic carbocycles. The van der Waals surface area contributed by atoms with Crippen LogP contribution in [0.3, 0.4) is 0 Å². The van der Waals surface area contributed by atoms with Gasteiger partial charge in [0.1, 0.15) is 5.37 Å². The number of hydrogen-bond donors (Lipinski definition) is 0. The van der Waals surface area contributed by atoms with Crippen LogP contribution in [-0.4, -0.2) is 11.7 Å². The molecule has 0 aliphatic carbocycles. The van der Waals surface area contributed by atoms with E-state index in [-0.39, 0.29) is 11.3 Å². The molecular weight excluding hydrogens is 384 g/mol. The third-order valence-electron chi connectivity index (χ3n) is 3.30. The molecule has 114 valence electrons. The van der Waals surface area contributed by atoms with Crippen LogP contribution >= 0.6 is 58.2 Å². The SMILES string of the molecule is O=C1CS[C@@H](c2cccc(Cl)c2Cl)N1c1ccc(Cl)c(Cl)c1. The molecule has 1 amide bonds. The average Bonchev–Trinajstić information content (AvgIpc) is 2.86. The van der Waals surface area contributed by atoms with Crippen molar-refractivity contribution in [2.24, 2.45) is 0 Å². The molecule has 0 saturated carbocycles. The summed E-state index contributed by atoms with van der Waals surface area (Å²) in [5.74, 6) is 0.359. The topological polar surface area (TPSA) is 20.3 Å². The maximum absolute atomic E-state index is 12.3. The van der Waals surface area contributed by atoms with Crippen LogP contribution in [0.25, 0.3) is 0 Å². The molecule has 0 radical (unpaired) electrons. The Kier molecular flexibility index (Phi) is 4.81. The minimum atomic E-state index is -0.240. The molecule has 1 heterocycles. The second kappa shape index (κ2) is 6.50. The number of anilines is 1.